The number of benzene rings is 1. The number of hydrogen-bond acceptors (Lipinski definition) is 2. The molecule has 118 valence electrons. The third-order valence-electron chi connectivity index (χ3n) is 3.95. The van der Waals surface area contributed by atoms with Gasteiger partial charge < -0.3 is 10.1 Å². The number of hydrogen-bond donors (Lipinski definition) is 1. The third-order valence-corrected chi connectivity index (χ3v) is 3.95. The molecule has 2 rings (SSSR count). The third kappa shape index (κ3) is 5.00. The summed E-state index contributed by atoms with van der Waals surface area (Å²) in [4.78, 5) is 0. The number of alkyl halides is 3. The predicted octanol–water partition coefficient (Wildman–Crippen LogP) is 4.32. The largest absolute Gasteiger partial charge is 0.416 e. The SMILES string of the molecule is CC(NCCOC1CCCC1)c1ccc(C(F)(F)F)cc1. The highest BCUT2D eigenvalue weighted by Gasteiger charge is 2.30. The zero-order valence-corrected chi connectivity index (χ0v) is 12.2. The van der Waals surface area contributed by atoms with Crippen LogP contribution in [0.5, 0.6) is 0 Å². The molecule has 1 unspecified atom stereocenters. The zero-order chi connectivity index (χ0) is 15.3. The van der Waals surface area contributed by atoms with Gasteiger partial charge in [-0.15, -0.1) is 0 Å². The van der Waals surface area contributed by atoms with Gasteiger partial charge in [0.1, 0.15) is 0 Å². The van der Waals surface area contributed by atoms with Crippen molar-refractivity contribution >= 4 is 0 Å². The summed E-state index contributed by atoms with van der Waals surface area (Å²) in [6.45, 7) is 3.30. The number of rotatable bonds is 6. The first kappa shape index (κ1) is 16.3. The van der Waals surface area contributed by atoms with Crippen molar-refractivity contribution in [3.63, 3.8) is 0 Å². The van der Waals surface area contributed by atoms with Gasteiger partial charge in [0.2, 0.25) is 0 Å². The molecule has 1 fully saturated rings. The van der Waals surface area contributed by atoms with Crippen LogP contribution in [-0.2, 0) is 10.9 Å². The van der Waals surface area contributed by atoms with E-state index in [9.17, 15) is 13.2 Å². The summed E-state index contributed by atoms with van der Waals surface area (Å²) in [5.41, 5.74) is 0.242. The summed E-state index contributed by atoms with van der Waals surface area (Å²) >= 11 is 0. The van der Waals surface area contributed by atoms with Crippen LogP contribution in [0.3, 0.4) is 0 Å². The molecular formula is C16H22F3NO. The highest BCUT2D eigenvalue weighted by atomic mass is 19.4. The van der Waals surface area contributed by atoms with Crippen molar-refractivity contribution in [1.29, 1.82) is 0 Å². The van der Waals surface area contributed by atoms with Crippen molar-refractivity contribution < 1.29 is 17.9 Å². The smallest absolute Gasteiger partial charge is 0.377 e. The average Bonchev–Trinajstić information content (AvgIpc) is 2.96. The lowest BCUT2D eigenvalue weighted by atomic mass is 10.1. The molecule has 5 heteroatoms. The van der Waals surface area contributed by atoms with E-state index in [-0.39, 0.29) is 6.04 Å². The van der Waals surface area contributed by atoms with Crippen LogP contribution in [0.25, 0.3) is 0 Å². The summed E-state index contributed by atoms with van der Waals surface area (Å²) in [7, 11) is 0. The molecule has 0 aromatic heterocycles. The first-order chi connectivity index (χ1) is 9.97. The van der Waals surface area contributed by atoms with E-state index in [4.69, 9.17) is 4.74 Å². The molecule has 0 bridgehead atoms. The minimum Gasteiger partial charge on any atom is -0.377 e. The Labute approximate surface area is 123 Å². The summed E-state index contributed by atoms with van der Waals surface area (Å²) in [6, 6.07) is 5.32. The van der Waals surface area contributed by atoms with Gasteiger partial charge in [0.25, 0.3) is 0 Å². The Hall–Kier alpha value is -1.07. The molecule has 1 N–H and O–H groups in total. The fourth-order valence-electron chi connectivity index (χ4n) is 2.63. The number of halogens is 3. The number of nitrogens with one attached hydrogen (secondary N) is 1. The van der Waals surface area contributed by atoms with E-state index in [2.05, 4.69) is 5.32 Å². The van der Waals surface area contributed by atoms with Gasteiger partial charge in [-0.3, -0.25) is 0 Å². The molecule has 21 heavy (non-hydrogen) atoms. The Bertz CT molecular complexity index is 424. The van der Waals surface area contributed by atoms with Gasteiger partial charge in [-0.2, -0.15) is 13.2 Å². The minimum atomic E-state index is -4.27. The maximum atomic E-state index is 12.5. The highest BCUT2D eigenvalue weighted by molar-refractivity contribution is 5.26. The van der Waals surface area contributed by atoms with E-state index in [1.165, 1.54) is 25.0 Å². The monoisotopic (exact) mass is 301 g/mol. The first-order valence-electron chi connectivity index (χ1n) is 7.49. The second kappa shape index (κ2) is 7.27. The van der Waals surface area contributed by atoms with Crippen LogP contribution >= 0.6 is 0 Å². The molecule has 1 aromatic carbocycles. The standard InChI is InChI=1S/C16H22F3NO/c1-12(20-10-11-21-15-4-2-3-5-15)13-6-8-14(9-7-13)16(17,18)19/h6-9,12,15,20H,2-5,10-11H2,1H3. The van der Waals surface area contributed by atoms with Crippen LogP contribution in [0, 0.1) is 0 Å². The van der Waals surface area contributed by atoms with Crippen LogP contribution in [0.4, 0.5) is 13.2 Å². The second-order valence-electron chi connectivity index (χ2n) is 5.57. The first-order valence-corrected chi connectivity index (χ1v) is 7.49. The summed E-state index contributed by atoms with van der Waals surface area (Å²) in [5.74, 6) is 0. The Balaban J connectivity index is 1.73. The fourth-order valence-corrected chi connectivity index (χ4v) is 2.63. The van der Waals surface area contributed by atoms with E-state index in [0.29, 0.717) is 19.3 Å². The van der Waals surface area contributed by atoms with E-state index >= 15 is 0 Å². The molecule has 1 aliphatic rings. The van der Waals surface area contributed by atoms with Crippen molar-refractivity contribution in [2.45, 2.75) is 50.9 Å². The van der Waals surface area contributed by atoms with Gasteiger partial charge in [0.15, 0.2) is 0 Å². The average molecular weight is 301 g/mol. The molecule has 0 radical (unpaired) electrons. The topological polar surface area (TPSA) is 21.3 Å². The van der Waals surface area contributed by atoms with Crippen molar-refractivity contribution in [1.82, 2.24) is 5.32 Å². The van der Waals surface area contributed by atoms with Gasteiger partial charge in [-0.05, 0) is 37.5 Å². The van der Waals surface area contributed by atoms with Crippen molar-refractivity contribution in [2.24, 2.45) is 0 Å². The molecule has 0 spiro atoms. The molecule has 0 aliphatic heterocycles. The van der Waals surface area contributed by atoms with E-state index in [1.807, 2.05) is 6.92 Å². The summed E-state index contributed by atoms with van der Waals surface area (Å²) in [6.07, 6.45) is 0.918. The van der Waals surface area contributed by atoms with Crippen LogP contribution in [0.1, 0.15) is 49.8 Å². The van der Waals surface area contributed by atoms with Gasteiger partial charge in [0, 0.05) is 12.6 Å². The van der Waals surface area contributed by atoms with E-state index in [0.717, 1.165) is 30.5 Å². The van der Waals surface area contributed by atoms with Gasteiger partial charge in [-0.1, -0.05) is 25.0 Å². The molecule has 2 nitrogen and oxygen atoms in total. The predicted molar refractivity (Wildman–Crippen MR) is 76.1 cm³/mol. The lowest BCUT2D eigenvalue weighted by Crippen LogP contribution is -2.25. The molecule has 1 aromatic rings. The lowest BCUT2D eigenvalue weighted by Gasteiger charge is -2.17. The van der Waals surface area contributed by atoms with Crippen LogP contribution in [-0.4, -0.2) is 19.3 Å². The highest BCUT2D eigenvalue weighted by Crippen LogP contribution is 2.29. The minimum absolute atomic E-state index is 0.0134. The fraction of sp³-hybridized carbons (Fsp3) is 0.625. The summed E-state index contributed by atoms with van der Waals surface area (Å²) < 4.78 is 43.2. The van der Waals surface area contributed by atoms with Crippen molar-refractivity contribution in [2.75, 3.05) is 13.2 Å². The van der Waals surface area contributed by atoms with E-state index < -0.39 is 11.7 Å². The maximum absolute atomic E-state index is 12.5. The second-order valence-corrected chi connectivity index (χ2v) is 5.57. The summed E-state index contributed by atoms with van der Waals surface area (Å²) in [5, 5.41) is 3.27. The molecule has 1 saturated carbocycles. The van der Waals surface area contributed by atoms with E-state index in [1.54, 1.807) is 0 Å². The Morgan fingerprint density at radius 1 is 1.19 bits per heavy atom. The van der Waals surface area contributed by atoms with Crippen molar-refractivity contribution in [3.8, 4) is 0 Å². The molecule has 0 saturated heterocycles. The maximum Gasteiger partial charge on any atom is 0.416 e. The Morgan fingerprint density at radius 2 is 1.81 bits per heavy atom. The number of ether oxygens (including phenoxy) is 1. The lowest BCUT2D eigenvalue weighted by molar-refractivity contribution is -0.137. The molecule has 0 heterocycles. The molecule has 1 aliphatic carbocycles. The van der Waals surface area contributed by atoms with Gasteiger partial charge in [0.05, 0.1) is 18.3 Å². The molecule has 0 amide bonds. The zero-order valence-electron chi connectivity index (χ0n) is 12.2. The molecular weight excluding hydrogens is 279 g/mol. The van der Waals surface area contributed by atoms with Crippen LogP contribution < -0.4 is 5.32 Å². The van der Waals surface area contributed by atoms with Crippen molar-refractivity contribution in [3.05, 3.63) is 35.4 Å². The van der Waals surface area contributed by atoms with Gasteiger partial charge in [-0.25, -0.2) is 0 Å². The Morgan fingerprint density at radius 3 is 2.38 bits per heavy atom. The van der Waals surface area contributed by atoms with Gasteiger partial charge >= 0.3 is 6.18 Å². The van der Waals surface area contributed by atoms with Crippen LogP contribution in [0.2, 0.25) is 0 Å². The molecule has 1 atom stereocenters. The quantitative estimate of drug-likeness (QED) is 0.790. The normalized spacial score (nSPS) is 18.1. The van der Waals surface area contributed by atoms with Crippen LogP contribution in [0.15, 0.2) is 24.3 Å². The Kier molecular flexibility index (Phi) is 5.65.